The fourth-order valence-electron chi connectivity index (χ4n) is 1.72. The molecular weight excluding hydrogens is 275 g/mol. The minimum Gasteiger partial charge on any atom is -0.467 e. The van der Waals surface area contributed by atoms with E-state index in [4.69, 9.17) is 4.42 Å². The second kappa shape index (κ2) is 6.69. The van der Waals surface area contributed by atoms with Crippen LogP contribution in [0.4, 0.5) is 4.39 Å². The highest BCUT2D eigenvalue weighted by atomic mass is 19.1. The van der Waals surface area contributed by atoms with E-state index in [1.165, 1.54) is 24.5 Å². The highest BCUT2D eigenvalue weighted by Crippen LogP contribution is 2.04. The van der Waals surface area contributed by atoms with Crippen molar-refractivity contribution in [3.05, 3.63) is 59.8 Å². The first-order valence-electron chi connectivity index (χ1n) is 6.43. The average molecular weight is 290 g/mol. The summed E-state index contributed by atoms with van der Waals surface area (Å²) in [5.41, 5.74) is 0.167. The Morgan fingerprint density at radius 2 is 2.10 bits per heavy atom. The molecule has 2 N–H and O–H groups in total. The molecule has 0 saturated carbocycles. The van der Waals surface area contributed by atoms with E-state index >= 15 is 0 Å². The van der Waals surface area contributed by atoms with E-state index in [2.05, 4.69) is 10.6 Å². The number of hydrogen-bond donors (Lipinski definition) is 2. The van der Waals surface area contributed by atoms with Crippen LogP contribution in [-0.2, 0) is 11.3 Å². The van der Waals surface area contributed by atoms with Gasteiger partial charge in [-0.2, -0.15) is 0 Å². The molecular formula is C15H15FN2O3. The van der Waals surface area contributed by atoms with Crippen molar-refractivity contribution in [3.63, 3.8) is 0 Å². The monoisotopic (exact) mass is 290 g/mol. The minimum atomic E-state index is -0.740. The van der Waals surface area contributed by atoms with Gasteiger partial charge < -0.3 is 15.1 Å². The molecule has 0 fully saturated rings. The number of rotatable bonds is 5. The van der Waals surface area contributed by atoms with E-state index in [0.29, 0.717) is 5.76 Å². The predicted octanol–water partition coefficient (Wildman–Crippen LogP) is 1.85. The van der Waals surface area contributed by atoms with E-state index in [0.717, 1.165) is 6.07 Å². The SMILES string of the molecule is C[C@@H](NC(=O)c1cccc(F)c1)C(=O)NCc1ccco1. The standard InChI is InChI=1S/C15H15FN2O3/c1-10(14(19)17-9-13-6-3-7-21-13)18-15(20)11-4-2-5-12(16)8-11/h2-8,10H,9H2,1H3,(H,17,19)(H,18,20)/t10-/m1/s1. The summed E-state index contributed by atoms with van der Waals surface area (Å²) in [6, 6.07) is 7.99. The molecule has 110 valence electrons. The number of halogens is 1. The summed E-state index contributed by atoms with van der Waals surface area (Å²) in [5.74, 6) is -0.740. The van der Waals surface area contributed by atoms with Gasteiger partial charge in [-0.1, -0.05) is 6.07 Å². The summed E-state index contributed by atoms with van der Waals surface area (Å²) < 4.78 is 18.1. The highest BCUT2D eigenvalue weighted by Gasteiger charge is 2.16. The Morgan fingerprint density at radius 3 is 2.76 bits per heavy atom. The zero-order valence-corrected chi connectivity index (χ0v) is 11.4. The summed E-state index contributed by atoms with van der Waals surface area (Å²) in [4.78, 5) is 23.7. The summed E-state index contributed by atoms with van der Waals surface area (Å²) in [6.07, 6.45) is 1.51. The molecule has 0 saturated heterocycles. The van der Waals surface area contributed by atoms with E-state index in [1.807, 2.05) is 0 Å². The van der Waals surface area contributed by atoms with Crippen LogP contribution in [0, 0.1) is 5.82 Å². The lowest BCUT2D eigenvalue weighted by Crippen LogP contribution is -2.44. The number of furan rings is 1. The van der Waals surface area contributed by atoms with Gasteiger partial charge in [0.25, 0.3) is 5.91 Å². The fraction of sp³-hybridized carbons (Fsp3) is 0.200. The van der Waals surface area contributed by atoms with Crippen LogP contribution in [-0.4, -0.2) is 17.9 Å². The maximum Gasteiger partial charge on any atom is 0.252 e. The van der Waals surface area contributed by atoms with Gasteiger partial charge in [-0.05, 0) is 37.3 Å². The third-order valence-corrected chi connectivity index (χ3v) is 2.84. The van der Waals surface area contributed by atoms with Crippen molar-refractivity contribution < 1.29 is 18.4 Å². The average Bonchev–Trinajstić information content (AvgIpc) is 2.97. The molecule has 0 radical (unpaired) electrons. The predicted molar refractivity (Wildman–Crippen MR) is 73.9 cm³/mol. The van der Waals surface area contributed by atoms with Crippen molar-refractivity contribution in [1.29, 1.82) is 0 Å². The largest absolute Gasteiger partial charge is 0.467 e. The van der Waals surface area contributed by atoms with E-state index < -0.39 is 17.8 Å². The number of carbonyl (C=O) groups excluding carboxylic acids is 2. The Kier molecular flexibility index (Phi) is 4.71. The van der Waals surface area contributed by atoms with Crippen LogP contribution in [0.3, 0.4) is 0 Å². The zero-order valence-electron chi connectivity index (χ0n) is 11.4. The molecule has 1 heterocycles. The van der Waals surface area contributed by atoms with Crippen molar-refractivity contribution in [2.45, 2.75) is 19.5 Å². The Morgan fingerprint density at radius 1 is 1.29 bits per heavy atom. The molecule has 2 amide bonds. The van der Waals surface area contributed by atoms with Crippen LogP contribution >= 0.6 is 0 Å². The lowest BCUT2D eigenvalue weighted by atomic mass is 10.2. The molecule has 1 aromatic heterocycles. The maximum atomic E-state index is 13.0. The maximum absolute atomic E-state index is 13.0. The van der Waals surface area contributed by atoms with Crippen LogP contribution in [0.15, 0.2) is 47.1 Å². The molecule has 21 heavy (non-hydrogen) atoms. The lowest BCUT2D eigenvalue weighted by molar-refractivity contribution is -0.122. The zero-order chi connectivity index (χ0) is 15.2. The molecule has 6 heteroatoms. The molecule has 1 aromatic carbocycles. The van der Waals surface area contributed by atoms with Crippen molar-refractivity contribution in [1.82, 2.24) is 10.6 Å². The normalized spacial score (nSPS) is 11.7. The molecule has 0 bridgehead atoms. The smallest absolute Gasteiger partial charge is 0.252 e. The molecule has 2 aromatic rings. The van der Waals surface area contributed by atoms with Crippen molar-refractivity contribution in [3.8, 4) is 0 Å². The van der Waals surface area contributed by atoms with E-state index in [-0.39, 0.29) is 18.0 Å². The Labute approximate surface area is 121 Å². The third kappa shape index (κ3) is 4.17. The van der Waals surface area contributed by atoms with Gasteiger partial charge in [0.2, 0.25) is 5.91 Å². The molecule has 1 atom stereocenters. The van der Waals surface area contributed by atoms with Gasteiger partial charge >= 0.3 is 0 Å². The van der Waals surface area contributed by atoms with Crippen molar-refractivity contribution in [2.75, 3.05) is 0 Å². The summed E-state index contributed by atoms with van der Waals surface area (Å²) in [6.45, 7) is 1.79. The van der Waals surface area contributed by atoms with Crippen LogP contribution in [0.25, 0.3) is 0 Å². The van der Waals surface area contributed by atoms with Gasteiger partial charge in [-0.3, -0.25) is 9.59 Å². The second-order valence-electron chi connectivity index (χ2n) is 4.50. The molecule has 0 aliphatic rings. The summed E-state index contributed by atoms with van der Waals surface area (Å²) in [7, 11) is 0. The van der Waals surface area contributed by atoms with Crippen LogP contribution < -0.4 is 10.6 Å². The lowest BCUT2D eigenvalue weighted by Gasteiger charge is -2.13. The molecule has 0 unspecified atom stereocenters. The van der Waals surface area contributed by atoms with Crippen LogP contribution in [0.1, 0.15) is 23.0 Å². The first kappa shape index (κ1) is 14.8. The van der Waals surface area contributed by atoms with Gasteiger partial charge in [0.15, 0.2) is 0 Å². The summed E-state index contributed by atoms with van der Waals surface area (Å²) >= 11 is 0. The highest BCUT2D eigenvalue weighted by molar-refractivity contribution is 5.97. The quantitative estimate of drug-likeness (QED) is 0.883. The molecule has 0 aliphatic heterocycles. The van der Waals surface area contributed by atoms with Gasteiger partial charge in [-0.15, -0.1) is 0 Å². The molecule has 5 nitrogen and oxygen atoms in total. The first-order chi connectivity index (χ1) is 10.1. The van der Waals surface area contributed by atoms with Crippen molar-refractivity contribution in [2.24, 2.45) is 0 Å². The fourth-order valence-corrected chi connectivity index (χ4v) is 1.72. The number of benzene rings is 1. The number of nitrogens with one attached hydrogen (secondary N) is 2. The number of hydrogen-bond acceptors (Lipinski definition) is 3. The number of carbonyl (C=O) groups is 2. The Bertz CT molecular complexity index is 626. The first-order valence-corrected chi connectivity index (χ1v) is 6.43. The Hall–Kier alpha value is -2.63. The van der Waals surface area contributed by atoms with Crippen LogP contribution in [0.2, 0.25) is 0 Å². The Balaban J connectivity index is 1.86. The minimum absolute atomic E-state index is 0.167. The van der Waals surface area contributed by atoms with Crippen LogP contribution in [0.5, 0.6) is 0 Å². The van der Waals surface area contributed by atoms with E-state index in [1.54, 1.807) is 19.1 Å². The van der Waals surface area contributed by atoms with Crippen molar-refractivity contribution >= 4 is 11.8 Å². The van der Waals surface area contributed by atoms with Gasteiger partial charge in [-0.25, -0.2) is 4.39 Å². The number of amides is 2. The summed E-state index contributed by atoms with van der Waals surface area (Å²) in [5, 5.41) is 5.14. The third-order valence-electron chi connectivity index (χ3n) is 2.84. The van der Waals surface area contributed by atoms with Gasteiger partial charge in [0.05, 0.1) is 12.8 Å². The molecule has 2 rings (SSSR count). The van der Waals surface area contributed by atoms with Gasteiger partial charge in [0.1, 0.15) is 17.6 Å². The molecule has 0 aliphatic carbocycles. The molecule has 0 spiro atoms. The second-order valence-corrected chi connectivity index (χ2v) is 4.50. The van der Waals surface area contributed by atoms with E-state index in [9.17, 15) is 14.0 Å². The topological polar surface area (TPSA) is 71.3 Å². The van der Waals surface area contributed by atoms with Gasteiger partial charge in [0, 0.05) is 5.56 Å².